The molecule has 2 aliphatic heterocycles. The van der Waals surface area contributed by atoms with Crippen LogP contribution in [-0.4, -0.2) is 61.0 Å². The summed E-state index contributed by atoms with van der Waals surface area (Å²) in [6.45, 7) is 8.32. The Balaban J connectivity index is 1.63. The average molecular weight is 253 g/mol. The summed E-state index contributed by atoms with van der Waals surface area (Å²) in [5.41, 5.74) is 0. The Labute approximate surface area is 111 Å². The highest BCUT2D eigenvalue weighted by atomic mass is 16.2. The van der Waals surface area contributed by atoms with Gasteiger partial charge in [0.25, 0.3) is 0 Å². The topological polar surface area (TPSA) is 35.6 Å². The zero-order chi connectivity index (χ0) is 12.8. The van der Waals surface area contributed by atoms with Gasteiger partial charge in [0, 0.05) is 38.6 Å². The van der Waals surface area contributed by atoms with E-state index in [0.29, 0.717) is 11.9 Å². The lowest BCUT2D eigenvalue weighted by molar-refractivity contribution is -0.131. The molecule has 0 bridgehead atoms. The van der Waals surface area contributed by atoms with Crippen LogP contribution in [0.3, 0.4) is 0 Å². The highest BCUT2D eigenvalue weighted by molar-refractivity contribution is 5.76. The number of piperazine rings is 1. The van der Waals surface area contributed by atoms with Crippen LogP contribution in [0.5, 0.6) is 0 Å². The molecule has 1 amide bonds. The maximum Gasteiger partial charge on any atom is 0.222 e. The van der Waals surface area contributed by atoms with Gasteiger partial charge in [-0.25, -0.2) is 0 Å². The maximum absolute atomic E-state index is 12.0. The number of nitrogens with zero attached hydrogens (tertiary/aromatic N) is 2. The van der Waals surface area contributed by atoms with Crippen LogP contribution in [0.4, 0.5) is 0 Å². The van der Waals surface area contributed by atoms with Gasteiger partial charge in [0.05, 0.1) is 0 Å². The summed E-state index contributed by atoms with van der Waals surface area (Å²) >= 11 is 0. The van der Waals surface area contributed by atoms with Crippen LogP contribution in [0.2, 0.25) is 0 Å². The van der Waals surface area contributed by atoms with Crippen molar-refractivity contribution in [1.29, 1.82) is 0 Å². The fourth-order valence-corrected chi connectivity index (χ4v) is 3.00. The maximum atomic E-state index is 12.0. The largest absolute Gasteiger partial charge is 0.340 e. The SMILES string of the molecule is CC1CCCCN1CCCC(=O)N1CCNCC1. The van der Waals surface area contributed by atoms with E-state index in [9.17, 15) is 4.79 Å². The highest BCUT2D eigenvalue weighted by Crippen LogP contribution is 2.16. The lowest BCUT2D eigenvalue weighted by Gasteiger charge is -2.33. The van der Waals surface area contributed by atoms with Crippen LogP contribution in [0.1, 0.15) is 39.0 Å². The summed E-state index contributed by atoms with van der Waals surface area (Å²) in [4.78, 5) is 16.6. The molecule has 2 aliphatic rings. The minimum Gasteiger partial charge on any atom is -0.340 e. The molecule has 0 radical (unpaired) electrons. The first-order valence-electron chi connectivity index (χ1n) is 7.50. The number of nitrogens with one attached hydrogen (secondary N) is 1. The monoisotopic (exact) mass is 253 g/mol. The van der Waals surface area contributed by atoms with Crippen molar-refractivity contribution in [2.75, 3.05) is 39.3 Å². The molecule has 1 N–H and O–H groups in total. The Morgan fingerprint density at radius 1 is 1.22 bits per heavy atom. The first-order chi connectivity index (χ1) is 8.77. The molecule has 2 heterocycles. The number of carbonyl (C=O) groups is 1. The third-order valence-corrected chi connectivity index (χ3v) is 4.25. The molecule has 1 unspecified atom stereocenters. The van der Waals surface area contributed by atoms with Crippen LogP contribution in [0.25, 0.3) is 0 Å². The second-order valence-corrected chi connectivity index (χ2v) is 5.62. The molecule has 4 nitrogen and oxygen atoms in total. The third kappa shape index (κ3) is 3.95. The lowest BCUT2D eigenvalue weighted by Crippen LogP contribution is -2.46. The van der Waals surface area contributed by atoms with Crippen molar-refractivity contribution in [2.24, 2.45) is 0 Å². The van der Waals surface area contributed by atoms with Gasteiger partial charge in [-0.05, 0) is 39.3 Å². The van der Waals surface area contributed by atoms with E-state index in [0.717, 1.165) is 45.6 Å². The first-order valence-corrected chi connectivity index (χ1v) is 7.50. The van der Waals surface area contributed by atoms with Crippen molar-refractivity contribution >= 4 is 5.91 Å². The van der Waals surface area contributed by atoms with Gasteiger partial charge in [0.2, 0.25) is 5.91 Å². The molecule has 1 atom stereocenters. The standard InChI is InChI=1S/C14H27N3O/c1-13-5-2-3-9-16(13)10-4-6-14(18)17-11-7-15-8-12-17/h13,15H,2-12H2,1H3. The van der Waals surface area contributed by atoms with Gasteiger partial charge in [-0.1, -0.05) is 6.42 Å². The first kappa shape index (κ1) is 13.8. The Morgan fingerprint density at radius 3 is 2.72 bits per heavy atom. The molecule has 0 spiro atoms. The Kier molecular flexibility index (Phi) is 5.45. The number of likely N-dealkylation sites (tertiary alicyclic amines) is 1. The Morgan fingerprint density at radius 2 is 2.00 bits per heavy atom. The van der Waals surface area contributed by atoms with E-state index in [-0.39, 0.29) is 0 Å². The lowest BCUT2D eigenvalue weighted by atomic mass is 10.0. The van der Waals surface area contributed by atoms with Crippen LogP contribution >= 0.6 is 0 Å². The summed E-state index contributed by atoms with van der Waals surface area (Å²) in [5.74, 6) is 0.348. The molecular weight excluding hydrogens is 226 g/mol. The Bertz CT molecular complexity index is 264. The molecular formula is C14H27N3O. The van der Waals surface area contributed by atoms with Crippen LogP contribution in [0, 0.1) is 0 Å². The van der Waals surface area contributed by atoms with Crippen molar-refractivity contribution in [3.8, 4) is 0 Å². The normalized spacial score (nSPS) is 26.3. The molecule has 0 aliphatic carbocycles. The summed E-state index contributed by atoms with van der Waals surface area (Å²) in [5, 5.41) is 3.28. The van der Waals surface area contributed by atoms with E-state index >= 15 is 0 Å². The van der Waals surface area contributed by atoms with E-state index < -0.39 is 0 Å². The van der Waals surface area contributed by atoms with Gasteiger partial charge in [0.1, 0.15) is 0 Å². The molecule has 0 aromatic heterocycles. The summed E-state index contributed by atoms with van der Waals surface area (Å²) in [6, 6.07) is 0.716. The quantitative estimate of drug-likeness (QED) is 0.814. The second-order valence-electron chi connectivity index (χ2n) is 5.62. The van der Waals surface area contributed by atoms with Crippen LogP contribution in [-0.2, 0) is 4.79 Å². The average Bonchev–Trinajstić information content (AvgIpc) is 2.42. The molecule has 2 saturated heterocycles. The third-order valence-electron chi connectivity index (χ3n) is 4.25. The Hall–Kier alpha value is -0.610. The smallest absolute Gasteiger partial charge is 0.222 e. The van der Waals surface area contributed by atoms with Crippen molar-refractivity contribution in [3.63, 3.8) is 0 Å². The number of amides is 1. The number of piperidine rings is 1. The highest BCUT2D eigenvalue weighted by Gasteiger charge is 2.19. The zero-order valence-corrected chi connectivity index (χ0v) is 11.7. The predicted molar refractivity (Wildman–Crippen MR) is 73.6 cm³/mol. The fraction of sp³-hybridized carbons (Fsp3) is 0.929. The van der Waals surface area contributed by atoms with E-state index in [1.165, 1.54) is 25.8 Å². The summed E-state index contributed by atoms with van der Waals surface area (Å²) in [6.07, 6.45) is 5.77. The molecule has 104 valence electrons. The van der Waals surface area contributed by atoms with Crippen molar-refractivity contribution in [3.05, 3.63) is 0 Å². The number of carbonyl (C=O) groups excluding carboxylic acids is 1. The molecule has 2 fully saturated rings. The summed E-state index contributed by atoms with van der Waals surface area (Å²) in [7, 11) is 0. The van der Waals surface area contributed by atoms with Gasteiger partial charge >= 0.3 is 0 Å². The number of hydrogen-bond acceptors (Lipinski definition) is 3. The number of rotatable bonds is 4. The van der Waals surface area contributed by atoms with Gasteiger partial charge in [-0.15, -0.1) is 0 Å². The van der Waals surface area contributed by atoms with Crippen LogP contribution in [0.15, 0.2) is 0 Å². The van der Waals surface area contributed by atoms with Crippen molar-refractivity contribution in [1.82, 2.24) is 15.1 Å². The molecule has 4 heteroatoms. The second kappa shape index (κ2) is 7.10. The van der Waals surface area contributed by atoms with E-state index in [4.69, 9.17) is 0 Å². The van der Waals surface area contributed by atoms with E-state index in [1.54, 1.807) is 0 Å². The van der Waals surface area contributed by atoms with Crippen molar-refractivity contribution in [2.45, 2.75) is 45.1 Å². The minimum absolute atomic E-state index is 0.348. The fourth-order valence-electron chi connectivity index (χ4n) is 3.00. The minimum atomic E-state index is 0.348. The van der Waals surface area contributed by atoms with E-state index in [2.05, 4.69) is 17.1 Å². The predicted octanol–water partition coefficient (Wildman–Crippen LogP) is 1.07. The molecule has 0 saturated carbocycles. The molecule has 18 heavy (non-hydrogen) atoms. The van der Waals surface area contributed by atoms with Crippen LogP contribution < -0.4 is 5.32 Å². The van der Waals surface area contributed by atoms with E-state index in [1.807, 2.05) is 4.90 Å². The molecule has 0 aromatic rings. The molecule has 2 rings (SSSR count). The van der Waals surface area contributed by atoms with Gasteiger partial charge < -0.3 is 15.1 Å². The summed E-state index contributed by atoms with van der Waals surface area (Å²) < 4.78 is 0. The van der Waals surface area contributed by atoms with Crippen molar-refractivity contribution < 1.29 is 4.79 Å². The zero-order valence-electron chi connectivity index (χ0n) is 11.7. The molecule has 0 aromatic carbocycles. The van der Waals surface area contributed by atoms with Gasteiger partial charge in [0.15, 0.2) is 0 Å². The van der Waals surface area contributed by atoms with Gasteiger partial charge in [-0.3, -0.25) is 4.79 Å². The van der Waals surface area contributed by atoms with Gasteiger partial charge in [-0.2, -0.15) is 0 Å². The number of hydrogen-bond donors (Lipinski definition) is 1.